The molecule has 0 unspecified atom stereocenters. The van der Waals surface area contributed by atoms with Gasteiger partial charge in [-0.1, -0.05) is 11.6 Å². The van der Waals surface area contributed by atoms with Gasteiger partial charge >= 0.3 is 0 Å². The molecule has 0 bridgehead atoms. The van der Waals surface area contributed by atoms with Crippen molar-refractivity contribution in [1.29, 1.82) is 0 Å². The zero-order valence-electron chi connectivity index (χ0n) is 11.8. The van der Waals surface area contributed by atoms with Crippen LogP contribution in [-0.4, -0.2) is 21.4 Å². The number of fused-ring (bicyclic) bond motifs is 2. The molecule has 22 heavy (non-hydrogen) atoms. The van der Waals surface area contributed by atoms with Gasteiger partial charge in [0.2, 0.25) is 0 Å². The van der Waals surface area contributed by atoms with E-state index in [2.05, 4.69) is 26.3 Å². The standard InChI is InChI=1S/C16H14ClN3OS/c17-11-1-2-13-12(7-11)16(21)19-15(18-13)9-20-5-3-14-10(8-20)4-6-22-14/h1-2,4,6-7H,3,5,8-9H2,(H,18,19,21). The van der Waals surface area contributed by atoms with E-state index in [-0.39, 0.29) is 5.56 Å². The first-order valence-electron chi connectivity index (χ1n) is 7.15. The topological polar surface area (TPSA) is 49.0 Å². The van der Waals surface area contributed by atoms with Crippen molar-refractivity contribution in [3.63, 3.8) is 0 Å². The van der Waals surface area contributed by atoms with Crippen molar-refractivity contribution in [2.75, 3.05) is 6.54 Å². The first kappa shape index (κ1) is 13.9. The summed E-state index contributed by atoms with van der Waals surface area (Å²) < 4.78 is 0. The monoisotopic (exact) mass is 331 g/mol. The minimum atomic E-state index is -0.129. The summed E-state index contributed by atoms with van der Waals surface area (Å²) in [6.07, 6.45) is 1.07. The van der Waals surface area contributed by atoms with Gasteiger partial charge in [-0.3, -0.25) is 9.69 Å². The largest absolute Gasteiger partial charge is 0.309 e. The molecule has 4 rings (SSSR count). The van der Waals surface area contributed by atoms with Gasteiger partial charge in [0, 0.05) is 23.0 Å². The Bertz CT molecular complexity index is 902. The normalized spacial score (nSPS) is 15.1. The number of hydrogen-bond acceptors (Lipinski definition) is 4. The van der Waals surface area contributed by atoms with E-state index in [1.165, 1.54) is 10.4 Å². The van der Waals surface area contributed by atoms with E-state index >= 15 is 0 Å². The highest BCUT2D eigenvalue weighted by atomic mass is 35.5. The highest BCUT2D eigenvalue weighted by Crippen LogP contribution is 2.24. The zero-order chi connectivity index (χ0) is 15.1. The molecule has 0 amide bonds. The van der Waals surface area contributed by atoms with E-state index in [4.69, 9.17) is 11.6 Å². The molecule has 0 radical (unpaired) electrons. The maximum absolute atomic E-state index is 12.2. The minimum Gasteiger partial charge on any atom is -0.309 e. The molecule has 0 spiro atoms. The Balaban J connectivity index is 1.63. The SMILES string of the molecule is O=c1[nH]c(CN2CCc3sccc3C2)nc2ccc(Cl)cc12. The number of nitrogens with one attached hydrogen (secondary N) is 1. The van der Waals surface area contributed by atoms with Crippen LogP contribution in [0.5, 0.6) is 0 Å². The summed E-state index contributed by atoms with van der Waals surface area (Å²) in [7, 11) is 0. The Hall–Kier alpha value is -1.69. The van der Waals surface area contributed by atoms with Crippen LogP contribution in [0.15, 0.2) is 34.4 Å². The van der Waals surface area contributed by atoms with Gasteiger partial charge in [0.25, 0.3) is 5.56 Å². The summed E-state index contributed by atoms with van der Waals surface area (Å²) in [4.78, 5) is 23.4. The molecule has 0 saturated heterocycles. The third-order valence-corrected chi connectivity index (χ3v) is 5.23. The summed E-state index contributed by atoms with van der Waals surface area (Å²) in [5.41, 5.74) is 1.96. The van der Waals surface area contributed by atoms with E-state index in [0.717, 1.165) is 19.5 Å². The Morgan fingerprint density at radius 3 is 3.18 bits per heavy atom. The molecule has 4 nitrogen and oxygen atoms in total. The Kier molecular flexibility index (Phi) is 3.48. The van der Waals surface area contributed by atoms with Gasteiger partial charge in [-0.05, 0) is 41.6 Å². The molecule has 2 aromatic heterocycles. The maximum atomic E-state index is 12.2. The minimum absolute atomic E-state index is 0.129. The summed E-state index contributed by atoms with van der Waals surface area (Å²) in [6.45, 7) is 2.57. The Morgan fingerprint density at radius 2 is 2.27 bits per heavy atom. The van der Waals surface area contributed by atoms with E-state index in [1.54, 1.807) is 18.2 Å². The highest BCUT2D eigenvalue weighted by molar-refractivity contribution is 7.10. The van der Waals surface area contributed by atoms with Crippen molar-refractivity contribution < 1.29 is 0 Å². The Labute approximate surface area is 136 Å². The number of aromatic nitrogens is 2. The molecule has 0 atom stereocenters. The lowest BCUT2D eigenvalue weighted by atomic mass is 10.1. The van der Waals surface area contributed by atoms with Crippen LogP contribution in [0.3, 0.4) is 0 Å². The van der Waals surface area contributed by atoms with E-state index in [0.29, 0.717) is 28.3 Å². The molecule has 1 N–H and O–H groups in total. The first-order chi connectivity index (χ1) is 10.7. The fourth-order valence-corrected chi connectivity index (χ4v) is 3.95. The molecule has 3 heterocycles. The summed E-state index contributed by atoms with van der Waals surface area (Å²) in [5.74, 6) is 0.707. The van der Waals surface area contributed by atoms with Crippen molar-refractivity contribution >= 4 is 33.8 Å². The lowest BCUT2D eigenvalue weighted by Crippen LogP contribution is -2.30. The van der Waals surface area contributed by atoms with Crippen LogP contribution >= 0.6 is 22.9 Å². The van der Waals surface area contributed by atoms with Crippen LogP contribution in [0.4, 0.5) is 0 Å². The second-order valence-electron chi connectivity index (χ2n) is 5.50. The number of hydrogen-bond donors (Lipinski definition) is 1. The summed E-state index contributed by atoms with van der Waals surface area (Å²) in [5, 5.41) is 3.23. The molecule has 1 aliphatic rings. The molecule has 3 aromatic rings. The van der Waals surface area contributed by atoms with Gasteiger partial charge in [0.15, 0.2) is 0 Å². The van der Waals surface area contributed by atoms with Crippen molar-refractivity contribution in [3.8, 4) is 0 Å². The predicted molar refractivity (Wildman–Crippen MR) is 89.5 cm³/mol. The molecule has 6 heteroatoms. The van der Waals surface area contributed by atoms with Crippen LogP contribution in [0.1, 0.15) is 16.3 Å². The van der Waals surface area contributed by atoms with E-state index < -0.39 is 0 Å². The van der Waals surface area contributed by atoms with Crippen LogP contribution in [0, 0.1) is 0 Å². The molecule has 0 fully saturated rings. The average molecular weight is 332 g/mol. The predicted octanol–water partition coefficient (Wildman–Crippen LogP) is 3.20. The first-order valence-corrected chi connectivity index (χ1v) is 8.41. The number of nitrogens with zero attached hydrogens (tertiary/aromatic N) is 2. The molecule has 1 aromatic carbocycles. The molecular weight excluding hydrogens is 318 g/mol. The molecule has 0 aliphatic carbocycles. The Morgan fingerprint density at radius 1 is 1.36 bits per heavy atom. The van der Waals surface area contributed by atoms with Gasteiger partial charge in [0.05, 0.1) is 17.4 Å². The second kappa shape index (κ2) is 5.50. The third kappa shape index (κ3) is 2.56. The lowest BCUT2D eigenvalue weighted by molar-refractivity contribution is 0.241. The lowest BCUT2D eigenvalue weighted by Gasteiger charge is -2.26. The average Bonchev–Trinajstić information content (AvgIpc) is 2.96. The number of H-pyrrole nitrogens is 1. The van der Waals surface area contributed by atoms with Crippen LogP contribution in [0.25, 0.3) is 10.9 Å². The fourth-order valence-electron chi connectivity index (χ4n) is 2.89. The van der Waals surface area contributed by atoms with Crippen molar-refractivity contribution in [2.24, 2.45) is 0 Å². The fraction of sp³-hybridized carbons (Fsp3) is 0.250. The highest BCUT2D eigenvalue weighted by Gasteiger charge is 2.18. The van der Waals surface area contributed by atoms with E-state index in [9.17, 15) is 4.79 Å². The van der Waals surface area contributed by atoms with Gasteiger partial charge in [-0.2, -0.15) is 0 Å². The summed E-state index contributed by atoms with van der Waals surface area (Å²) >= 11 is 7.76. The molecule has 1 aliphatic heterocycles. The molecule has 0 saturated carbocycles. The van der Waals surface area contributed by atoms with Crippen LogP contribution < -0.4 is 5.56 Å². The van der Waals surface area contributed by atoms with Crippen molar-refractivity contribution in [3.05, 3.63) is 61.3 Å². The van der Waals surface area contributed by atoms with Crippen LogP contribution in [-0.2, 0) is 19.5 Å². The van der Waals surface area contributed by atoms with Gasteiger partial charge in [0.1, 0.15) is 5.82 Å². The maximum Gasteiger partial charge on any atom is 0.258 e. The van der Waals surface area contributed by atoms with Crippen LogP contribution in [0.2, 0.25) is 5.02 Å². The van der Waals surface area contributed by atoms with E-state index in [1.807, 2.05) is 11.3 Å². The zero-order valence-corrected chi connectivity index (χ0v) is 13.4. The van der Waals surface area contributed by atoms with Gasteiger partial charge in [-0.15, -0.1) is 11.3 Å². The van der Waals surface area contributed by atoms with Gasteiger partial charge < -0.3 is 4.98 Å². The molecular formula is C16H14ClN3OS. The number of benzene rings is 1. The quantitative estimate of drug-likeness (QED) is 0.784. The summed E-state index contributed by atoms with van der Waals surface area (Å²) in [6, 6.07) is 7.40. The van der Waals surface area contributed by atoms with Crippen molar-refractivity contribution in [2.45, 2.75) is 19.5 Å². The second-order valence-corrected chi connectivity index (χ2v) is 6.94. The number of halogens is 1. The van der Waals surface area contributed by atoms with Gasteiger partial charge in [-0.25, -0.2) is 4.98 Å². The third-order valence-electron chi connectivity index (χ3n) is 3.98. The number of thiophene rings is 1. The number of aromatic amines is 1. The smallest absolute Gasteiger partial charge is 0.258 e. The number of rotatable bonds is 2. The van der Waals surface area contributed by atoms with Crippen molar-refractivity contribution in [1.82, 2.24) is 14.9 Å². The molecule has 112 valence electrons.